The maximum Gasteiger partial charge on any atom is 0.261 e. The summed E-state index contributed by atoms with van der Waals surface area (Å²) >= 11 is 0. The first kappa shape index (κ1) is 29.2. The van der Waals surface area contributed by atoms with E-state index in [1.807, 2.05) is 0 Å². The van der Waals surface area contributed by atoms with Gasteiger partial charge >= 0.3 is 0 Å². The van der Waals surface area contributed by atoms with E-state index in [0.717, 1.165) is 30.1 Å². The Morgan fingerprint density at radius 2 is 1.41 bits per heavy atom. The summed E-state index contributed by atoms with van der Waals surface area (Å²) in [6, 6.07) is 22.4. The normalized spacial score (nSPS) is 37.8. The van der Waals surface area contributed by atoms with Gasteiger partial charge in [0.1, 0.15) is 6.10 Å². The summed E-state index contributed by atoms with van der Waals surface area (Å²) in [6.45, 7) is 12.3. The van der Waals surface area contributed by atoms with Gasteiger partial charge in [0.25, 0.3) is 8.32 Å². The highest BCUT2D eigenvalue weighted by Gasteiger charge is 2.61. The van der Waals surface area contributed by atoms with Crippen molar-refractivity contribution in [2.75, 3.05) is 0 Å². The molecule has 6 rings (SSSR count). The summed E-state index contributed by atoms with van der Waals surface area (Å²) < 4.78 is 7.68. The second-order valence-corrected chi connectivity index (χ2v) is 19.9. The van der Waals surface area contributed by atoms with Gasteiger partial charge in [0, 0.05) is 12.0 Å². The molecule has 2 aromatic carbocycles. The Labute approximate surface area is 250 Å². The molecule has 2 aromatic rings. The van der Waals surface area contributed by atoms with Crippen LogP contribution in [0.4, 0.5) is 0 Å². The van der Waals surface area contributed by atoms with Crippen molar-refractivity contribution in [1.29, 1.82) is 0 Å². The van der Waals surface area contributed by atoms with E-state index in [-0.39, 0.29) is 16.4 Å². The summed E-state index contributed by atoms with van der Waals surface area (Å²) in [7, 11) is -2.54. The SMILES string of the molecule is C#CC(O)[C@H]1CCC2C3CC[C@H]4C[C@H](O[Si](c5ccccc5)(c5ccccc5)C(C)(C)C)CC[C@]4(C)C3CC[C@@]21C. The average Bonchev–Trinajstić information content (AvgIpc) is 3.33. The monoisotopic (exact) mass is 568 g/mol. The molecule has 0 aliphatic heterocycles. The number of aliphatic hydroxyl groups excluding tert-OH is 1. The highest BCUT2D eigenvalue weighted by molar-refractivity contribution is 6.99. The van der Waals surface area contributed by atoms with Gasteiger partial charge in [0.2, 0.25) is 0 Å². The van der Waals surface area contributed by atoms with E-state index in [4.69, 9.17) is 10.8 Å². The molecule has 0 radical (unpaired) electrons. The quantitative estimate of drug-likeness (QED) is 0.298. The van der Waals surface area contributed by atoms with Crippen LogP contribution in [0.2, 0.25) is 5.04 Å². The predicted octanol–water partition coefficient (Wildman–Crippen LogP) is 7.58. The first-order chi connectivity index (χ1) is 19.5. The van der Waals surface area contributed by atoms with Crippen LogP contribution in [-0.4, -0.2) is 25.6 Å². The van der Waals surface area contributed by atoms with Gasteiger partial charge in [-0.25, -0.2) is 0 Å². The zero-order chi connectivity index (χ0) is 29.0. The zero-order valence-corrected chi connectivity index (χ0v) is 27.1. The van der Waals surface area contributed by atoms with E-state index in [1.165, 1.54) is 61.7 Å². The standard InChI is InChI=1S/C38H52O2Si/c1-7-35(39)34-21-20-32-31-19-18-27-26-28(22-24-37(27,5)33(31)23-25-38(32,34)6)40-41(36(2,3)4,29-14-10-8-11-15-29)30-16-12-9-13-17-30/h1,8-17,27-28,31-35,39H,18-26H2,2-6H3/t27-,28+,31?,32?,33?,34+,35?,37-,38-/m0/s1. The highest BCUT2D eigenvalue weighted by Crippen LogP contribution is 2.68. The van der Waals surface area contributed by atoms with Crippen molar-refractivity contribution < 1.29 is 9.53 Å². The molecule has 220 valence electrons. The lowest BCUT2D eigenvalue weighted by Crippen LogP contribution is -2.68. The van der Waals surface area contributed by atoms with Crippen LogP contribution < -0.4 is 10.4 Å². The Morgan fingerprint density at radius 1 is 0.829 bits per heavy atom. The van der Waals surface area contributed by atoms with Gasteiger partial charge in [-0.2, -0.15) is 0 Å². The van der Waals surface area contributed by atoms with Gasteiger partial charge in [-0.05, 0) is 108 Å². The number of hydrogen-bond acceptors (Lipinski definition) is 2. The summed E-state index contributed by atoms with van der Waals surface area (Å²) in [5.74, 6) is 6.02. The Balaban J connectivity index is 1.26. The number of benzene rings is 2. The number of rotatable bonds is 5. The molecule has 41 heavy (non-hydrogen) atoms. The lowest BCUT2D eigenvalue weighted by molar-refractivity contribution is -0.129. The first-order valence-corrected chi connectivity index (χ1v) is 18.4. The van der Waals surface area contributed by atoms with Gasteiger partial charge in [-0.1, -0.05) is 101 Å². The minimum atomic E-state index is -2.54. The van der Waals surface area contributed by atoms with Crippen molar-refractivity contribution in [2.24, 2.45) is 40.4 Å². The predicted molar refractivity (Wildman–Crippen MR) is 173 cm³/mol. The zero-order valence-electron chi connectivity index (χ0n) is 26.1. The van der Waals surface area contributed by atoms with Crippen LogP contribution in [0, 0.1) is 52.8 Å². The van der Waals surface area contributed by atoms with Crippen molar-refractivity contribution in [3.8, 4) is 12.3 Å². The van der Waals surface area contributed by atoms with E-state index in [9.17, 15) is 5.11 Å². The maximum absolute atomic E-state index is 10.7. The number of terminal acetylenes is 1. The van der Waals surface area contributed by atoms with Crippen LogP contribution in [0.25, 0.3) is 0 Å². The maximum atomic E-state index is 10.7. The Hall–Kier alpha value is -1.86. The fraction of sp³-hybridized carbons (Fsp3) is 0.632. The van der Waals surface area contributed by atoms with Crippen molar-refractivity contribution in [3.05, 3.63) is 60.7 Å². The molecule has 4 saturated carbocycles. The van der Waals surface area contributed by atoms with Crippen LogP contribution in [0.15, 0.2) is 60.7 Å². The Morgan fingerprint density at radius 3 is 2.00 bits per heavy atom. The molecule has 4 fully saturated rings. The number of aliphatic hydroxyl groups is 1. The molecule has 0 amide bonds. The van der Waals surface area contributed by atoms with E-state index in [1.54, 1.807) is 0 Å². The molecule has 9 atom stereocenters. The minimum absolute atomic E-state index is 0.0178. The fourth-order valence-corrected chi connectivity index (χ4v) is 15.7. The molecule has 4 unspecified atom stereocenters. The molecular weight excluding hydrogens is 517 g/mol. The van der Waals surface area contributed by atoms with Crippen LogP contribution in [0.5, 0.6) is 0 Å². The number of fused-ring (bicyclic) bond motifs is 5. The lowest BCUT2D eigenvalue weighted by Gasteiger charge is -2.61. The van der Waals surface area contributed by atoms with Gasteiger partial charge in [0.15, 0.2) is 0 Å². The van der Waals surface area contributed by atoms with Crippen LogP contribution >= 0.6 is 0 Å². The second-order valence-electron chi connectivity index (χ2n) is 15.7. The summed E-state index contributed by atoms with van der Waals surface area (Å²) in [5, 5.41) is 13.5. The smallest absolute Gasteiger partial charge is 0.261 e. The highest BCUT2D eigenvalue weighted by atomic mass is 28.4. The van der Waals surface area contributed by atoms with Crippen LogP contribution in [0.1, 0.15) is 92.4 Å². The summed E-state index contributed by atoms with van der Waals surface area (Å²) in [4.78, 5) is 0. The van der Waals surface area contributed by atoms with E-state index >= 15 is 0 Å². The number of hydrogen-bond donors (Lipinski definition) is 1. The topological polar surface area (TPSA) is 29.5 Å². The van der Waals surface area contributed by atoms with Crippen molar-refractivity contribution in [2.45, 2.75) is 110 Å². The third-order valence-electron chi connectivity index (χ3n) is 13.0. The van der Waals surface area contributed by atoms with Crippen molar-refractivity contribution >= 4 is 18.7 Å². The van der Waals surface area contributed by atoms with Gasteiger partial charge in [0.05, 0.1) is 0 Å². The molecule has 0 heterocycles. The van der Waals surface area contributed by atoms with Gasteiger partial charge in [-0.15, -0.1) is 6.42 Å². The third kappa shape index (κ3) is 4.59. The molecule has 0 bridgehead atoms. The lowest BCUT2D eigenvalue weighted by atomic mass is 9.44. The van der Waals surface area contributed by atoms with E-state index < -0.39 is 14.4 Å². The van der Waals surface area contributed by atoms with Gasteiger partial charge in [-0.3, -0.25) is 0 Å². The minimum Gasteiger partial charge on any atom is -0.404 e. The molecule has 2 nitrogen and oxygen atoms in total. The molecule has 4 aliphatic rings. The summed E-state index contributed by atoms with van der Waals surface area (Å²) in [5.41, 5.74) is 0.609. The van der Waals surface area contributed by atoms with Crippen LogP contribution in [-0.2, 0) is 4.43 Å². The van der Waals surface area contributed by atoms with Crippen molar-refractivity contribution in [3.63, 3.8) is 0 Å². The van der Waals surface area contributed by atoms with Crippen molar-refractivity contribution in [1.82, 2.24) is 0 Å². The second kappa shape index (κ2) is 10.7. The fourth-order valence-electron chi connectivity index (χ4n) is 10.9. The third-order valence-corrected chi connectivity index (χ3v) is 18.1. The molecule has 0 saturated heterocycles. The molecule has 0 spiro atoms. The average molecular weight is 569 g/mol. The Kier molecular flexibility index (Phi) is 7.62. The molecule has 1 N–H and O–H groups in total. The molecule has 0 aromatic heterocycles. The van der Waals surface area contributed by atoms with E-state index in [2.05, 4.69) is 101 Å². The molecule has 3 heteroatoms. The summed E-state index contributed by atoms with van der Waals surface area (Å²) in [6.07, 6.45) is 16.7. The van der Waals surface area contributed by atoms with Gasteiger partial charge < -0.3 is 9.53 Å². The van der Waals surface area contributed by atoms with Crippen LogP contribution in [0.3, 0.4) is 0 Å². The van der Waals surface area contributed by atoms with E-state index in [0.29, 0.717) is 11.5 Å². The molecular formula is C38H52O2Si. The largest absolute Gasteiger partial charge is 0.404 e. The first-order valence-electron chi connectivity index (χ1n) is 16.5. The Bertz CT molecular complexity index is 1210. The molecule has 4 aliphatic carbocycles.